The number of ether oxygens (including phenoxy) is 3. The van der Waals surface area contributed by atoms with Crippen LogP contribution in [0.3, 0.4) is 0 Å². The van der Waals surface area contributed by atoms with Crippen molar-refractivity contribution in [3.63, 3.8) is 0 Å². The molecule has 2 rings (SSSR count). The minimum absolute atomic E-state index is 0.0266. The monoisotopic (exact) mass is 740 g/mol. The van der Waals surface area contributed by atoms with E-state index in [1.165, 1.54) is 70.6 Å². The number of amides is 1. The fraction of sp³-hybridized carbons (Fsp3) is 0.682. The fourth-order valence-corrected chi connectivity index (χ4v) is 7.19. The highest BCUT2D eigenvalue weighted by molar-refractivity contribution is 6.74. The lowest BCUT2D eigenvalue weighted by atomic mass is 9.89. The van der Waals surface area contributed by atoms with Crippen molar-refractivity contribution in [1.82, 2.24) is 5.32 Å². The van der Waals surface area contributed by atoms with Crippen LogP contribution in [0, 0.1) is 11.8 Å². The maximum Gasteiger partial charge on any atom is 0.408 e. The Morgan fingerprint density at radius 3 is 1.71 bits per heavy atom. The van der Waals surface area contributed by atoms with Crippen molar-refractivity contribution in [2.24, 2.45) is 11.8 Å². The predicted molar refractivity (Wildman–Crippen MR) is 217 cm³/mol. The van der Waals surface area contributed by atoms with Crippen molar-refractivity contribution < 1.29 is 28.2 Å². The van der Waals surface area contributed by atoms with Gasteiger partial charge in [-0.1, -0.05) is 179 Å². The maximum absolute atomic E-state index is 13.9. The fourth-order valence-electron chi connectivity index (χ4n) is 6.08. The van der Waals surface area contributed by atoms with Crippen molar-refractivity contribution in [3.05, 3.63) is 71.8 Å². The minimum Gasteiger partial charge on any atom is -0.460 e. The first-order valence-electron chi connectivity index (χ1n) is 20.3. The molecule has 0 aliphatic rings. The molecule has 0 fully saturated rings. The van der Waals surface area contributed by atoms with E-state index in [0.717, 1.165) is 24.0 Å². The highest BCUT2D eigenvalue weighted by Crippen LogP contribution is 2.37. The molecule has 0 saturated heterocycles. The third-order valence-electron chi connectivity index (χ3n) is 10.6. The second-order valence-corrected chi connectivity index (χ2v) is 21.2. The predicted octanol–water partition coefficient (Wildman–Crippen LogP) is 11.8. The molecule has 0 radical (unpaired) electrons. The number of rotatable bonds is 27. The number of unbranched alkanes of at least 4 members (excludes halogenated alkanes) is 11. The van der Waals surface area contributed by atoms with Gasteiger partial charge in [0.25, 0.3) is 0 Å². The Morgan fingerprint density at radius 2 is 1.19 bits per heavy atom. The molecule has 0 bridgehead atoms. The van der Waals surface area contributed by atoms with E-state index in [-0.39, 0.29) is 36.2 Å². The Labute approximate surface area is 318 Å². The molecule has 7 nitrogen and oxygen atoms in total. The van der Waals surface area contributed by atoms with Gasteiger partial charge in [0.2, 0.25) is 0 Å². The maximum atomic E-state index is 13.9. The van der Waals surface area contributed by atoms with E-state index in [0.29, 0.717) is 13.2 Å². The zero-order valence-electron chi connectivity index (χ0n) is 34.1. The van der Waals surface area contributed by atoms with Crippen LogP contribution in [0.4, 0.5) is 4.79 Å². The van der Waals surface area contributed by atoms with E-state index >= 15 is 0 Å². The molecule has 294 valence electrons. The number of carbonyl (C=O) groups is 2. The lowest BCUT2D eigenvalue weighted by Gasteiger charge is -2.38. The van der Waals surface area contributed by atoms with Crippen molar-refractivity contribution >= 4 is 20.4 Å². The topological polar surface area (TPSA) is 83.1 Å². The average Bonchev–Trinajstić information content (AvgIpc) is 3.12. The molecule has 1 amide bonds. The van der Waals surface area contributed by atoms with Gasteiger partial charge in [-0.2, -0.15) is 0 Å². The number of hydrogen-bond donors (Lipinski definition) is 1. The molecule has 1 N–H and O–H groups in total. The lowest BCUT2D eigenvalue weighted by molar-refractivity contribution is -0.160. The SMILES string of the molecule is CCCCCCCCCCCCCC[C@H](C)[C@@H](OC(=O)[C@H](COCc1ccccc1)NC(=O)OCc1ccccc1)[C@@H](C)CO[Si](C)(C)C(C)(C)C. The first kappa shape index (κ1) is 45.5. The second-order valence-electron chi connectivity index (χ2n) is 16.4. The minimum atomic E-state index is -2.01. The molecular weight excluding hydrogens is 667 g/mol. The number of nitrogens with one attached hydrogen (secondary N) is 1. The number of esters is 1. The van der Waals surface area contributed by atoms with Gasteiger partial charge in [-0.3, -0.25) is 0 Å². The second kappa shape index (κ2) is 25.4. The number of alkyl carbamates (subject to hydrolysis) is 1. The van der Waals surface area contributed by atoms with Crippen LogP contribution in [0.1, 0.15) is 136 Å². The van der Waals surface area contributed by atoms with E-state index in [2.05, 4.69) is 60.0 Å². The largest absolute Gasteiger partial charge is 0.460 e. The Kier molecular flexibility index (Phi) is 22.2. The number of hydrogen-bond acceptors (Lipinski definition) is 6. The van der Waals surface area contributed by atoms with Crippen LogP contribution >= 0.6 is 0 Å². The summed E-state index contributed by atoms with van der Waals surface area (Å²) in [4.78, 5) is 26.9. The van der Waals surface area contributed by atoms with Crippen LogP contribution in [-0.4, -0.2) is 45.7 Å². The van der Waals surface area contributed by atoms with E-state index in [1.54, 1.807) is 0 Å². The normalized spacial score (nSPS) is 14.3. The summed E-state index contributed by atoms with van der Waals surface area (Å²) in [5, 5.41) is 2.82. The Bertz CT molecular complexity index is 1220. The van der Waals surface area contributed by atoms with Gasteiger partial charge in [0.05, 0.1) is 13.2 Å². The van der Waals surface area contributed by atoms with Crippen LogP contribution in [-0.2, 0) is 36.6 Å². The van der Waals surface area contributed by atoms with E-state index in [9.17, 15) is 9.59 Å². The molecule has 0 unspecified atom stereocenters. The zero-order chi connectivity index (χ0) is 38.2. The summed E-state index contributed by atoms with van der Waals surface area (Å²) in [6.07, 6.45) is 15.5. The van der Waals surface area contributed by atoms with E-state index in [4.69, 9.17) is 18.6 Å². The Hall–Kier alpha value is -2.68. The van der Waals surface area contributed by atoms with Crippen molar-refractivity contribution in [1.29, 1.82) is 0 Å². The highest BCUT2D eigenvalue weighted by Gasteiger charge is 2.39. The molecule has 0 aliphatic carbocycles. The third kappa shape index (κ3) is 18.9. The lowest BCUT2D eigenvalue weighted by Crippen LogP contribution is -2.48. The molecule has 2 aromatic rings. The van der Waals surface area contributed by atoms with Crippen molar-refractivity contribution in [3.8, 4) is 0 Å². The summed E-state index contributed by atoms with van der Waals surface area (Å²) in [6, 6.07) is 18.2. The molecule has 0 saturated carbocycles. The smallest absolute Gasteiger partial charge is 0.408 e. The van der Waals surface area contributed by atoms with Gasteiger partial charge in [0, 0.05) is 12.5 Å². The molecule has 4 atom stereocenters. The first-order chi connectivity index (χ1) is 24.8. The highest BCUT2D eigenvalue weighted by atomic mass is 28.4. The summed E-state index contributed by atoms with van der Waals surface area (Å²) in [5.74, 6) is -0.419. The van der Waals surface area contributed by atoms with Gasteiger partial charge >= 0.3 is 12.1 Å². The summed E-state index contributed by atoms with van der Waals surface area (Å²) in [6.45, 7) is 18.7. The molecule has 0 spiro atoms. The number of carbonyl (C=O) groups excluding carboxylic acids is 2. The van der Waals surface area contributed by atoms with E-state index in [1.807, 2.05) is 60.7 Å². The molecule has 0 aliphatic heterocycles. The summed E-state index contributed by atoms with van der Waals surface area (Å²) in [5.41, 5.74) is 1.84. The van der Waals surface area contributed by atoms with Gasteiger partial charge in [0.15, 0.2) is 14.4 Å². The van der Waals surface area contributed by atoms with Gasteiger partial charge in [-0.25, -0.2) is 9.59 Å². The quantitative estimate of drug-likeness (QED) is 0.0558. The molecule has 0 heterocycles. The van der Waals surface area contributed by atoms with Crippen LogP contribution in [0.15, 0.2) is 60.7 Å². The Balaban J connectivity index is 2.04. The van der Waals surface area contributed by atoms with Crippen LogP contribution in [0.5, 0.6) is 0 Å². The average molecular weight is 740 g/mol. The summed E-state index contributed by atoms with van der Waals surface area (Å²) in [7, 11) is -2.01. The van der Waals surface area contributed by atoms with Gasteiger partial charge in [0.1, 0.15) is 12.7 Å². The molecule has 8 heteroatoms. The molecule has 52 heavy (non-hydrogen) atoms. The summed E-state index contributed by atoms with van der Waals surface area (Å²) < 4.78 is 24.4. The molecular formula is C44H73NO6Si. The van der Waals surface area contributed by atoms with Crippen LogP contribution in [0.25, 0.3) is 0 Å². The molecule has 0 aromatic heterocycles. The molecule has 2 aromatic carbocycles. The van der Waals surface area contributed by atoms with Gasteiger partial charge in [-0.05, 0) is 41.6 Å². The first-order valence-corrected chi connectivity index (χ1v) is 23.2. The summed E-state index contributed by atoms with van der Waals surface area (Å²) >= 11 is 0. The van der Waals surface area contributed by atoms with Crippen molar-refractivity contribution in [2.45, 2.75) is 169 Å². The standard InChI is InChI=1S/C44H73NO6Si/c1-9-10-11-12-13-14-15-16-17-18-19-22-27-36(2)41(37(3)32-50-52(7,8)44(4,5)6)51-42(46)40(35-48-33-38-28-23-20-24-29-38)45-43(47)49-34-39-30-25-21-26-31-39/h20-21,23-26,28-31,36-37,40-41H,9-19,22,27,32-35H2,1-8H3,(H,45,47)/t36-,37-,40-,41+/m0/s1. The van der Waals surface area contributed by atoms with Gasteiger partial charge in [-0.15, -0.1) is 0 Å². The number of benzene rings is 2. The Morgan fingerprint density at radius 1 is 0.692 bits per heavy atom. The van der Waals surface area contributed by atoms with Gasteiger partial charge < -0.3 is 24.0 Å². The van der Waals surface area contributed by atoms with Crippen LogP contribution in [0.2, 0.25) is 18.1 Å². The van der Waals surface area contributed by atoms with Crippen molar-refractivity contribution in [2.75, 3.05) is 13.2 Å². The third-order valence-corrected chi connectivity index (χ3v) is 15.1. The van der Waals surface area contributed by atoms with E-state index < -0.39 is 26.4 Å². The zero-order valence-corrected chi connectivity index (χ0v) is 35.1. The van der Waals surface area contributed by atoms with Crippen LogP contribution < -0.4 is 5.32 Å².